The third-order valence-corrected chi connectivity index (χ3v) is 6.09. The van der Waals surface area contributed by atoms with E-state index in [0.29, 0.717) is 36.6 Å². The molecule has 1 saturated heterocycles. The number of hydrogen-bond donors (Lipinski definition) is 1. The Balaban J connectivity index is 1.43. The molecule has 9 nitrogen and oxygen atoms in total. The summed E-state index contributed by atoms with van der Waals surface area (Å²) in [6.07, 6.45) is 2.09. The highest BCUT2D eigenvalue weighted by molar-refractivity contribution is 5.95. The molecule has 0 saturated carbocycles. The standard InChI is InChI=1S/C21H28N6O3/c1-14-17(24-30-23-14)12-22-20(28)19-13-27(10-9-26(19)3)21(29)16-6-7-18-15(11-16)5-4-8-25(18)2/h6-7,11,19H,4-5,8-10,12-13H2,1-3H3,(H,22,28)/t19-/m0/s1. The maximum absolute atomic E-state index is 13.2. The number of nitrogens with zero attached hydrogens (tertiary/aromatic N) is 5. The van der Waals surface area contributed by atoms with Gasteiger partial charge in [-0.2, -0.15) is 0 Å². The summed E-state index contributed by atoms with van der Waals surface area (Å²) in [5.41, 5.74) is 4.37. The molecule has 1 fully saturated rings. The number of anilines is 1. The minimum atomic E-state index is -0.411. The highest BCUT2D eigenvalue weighted by Gasteiger charge is 2.33. The fourth-order valence-electron chi connectivity index (χ4n) is 4.14. The topological polar surface area (TPSA) is 94.8 Å². The Morgan fingerprint density at radius 2 is 2.03 bits per heavy atom. The Morgan fingerprint density at radius 1 is 1.20 bits per heavy atom. The van der Waals surface area contributed by atoms with Crippen LogP contribution in [0.2, 0.25) is 0 Å². The van der Waals surface area contributed by atoms with Crippen molar-refractivity contribution in [1.29, 1.82) is 0 Å². The molecule has 0 radical (unpaired) electrons. The van der Waals surface area contributed by atoms with Crippen molar-refractivity contribution >= 4 is 17.5 Å². The van der Waals surface area contributed by atoms with Crippen LogP contribution in [0, 0.1) is 6.92 Å². The summed E-state index contributed by atoms with van der Waals surface area (Å²) in [5, 5.41) is 10.4. The number of piperazine rings is 1. The van der Waals surface area contributed by atoms with E-state index in [9.17, 15) is 9.59 Å². The Morgan fingerprint density at radius 3 is 2.80 bits per heavy atom. The molecule has 0 aliphatic carbocycles. The molecule has 2 amide bonds. The van der Waals surface area contributed by atoms with E-state index in [2.05, 4.69) is 32.2 Å². The lowest BCUT2D eigenvalue weighted by Crippen LogP contribution is -2.58. The molecule has 0 spiro atoms. The predicted molar refractivity (Wildman–Crippen MR) is 111 cm³/mol. The van der Waals surface area contributed by atoms with Crippen molar-refractivity contribution in [2.24, 2.45) is 0 Å². The van der Waals surface area contributed by atoms with Crippen molar-refractivity contribution < 1.29 is 14.2 Å². The van der Waals surface area contributed by atoms with Gasteiger partial charge < -0.3 is 15.1 Å². The van der Waals surface area contributed by atoms with E-state index >= 15 is 0 Å². The molecular formula is C21H28N6O3. The number of hydrogen-bond acceptors (Lipinski definition) is 7. The monoisotopic (exact) mass is 412 g/mol. The molecule has 2 aliphatic rings. The molecular weight excluding hydrogens is 384 g/mol. The highest BCUT2D eigenvalue weighted by atomic mass is 16.6. The number of benzene rings is 1. The van der Waals surface area contributed by atoms with E-state index in [-0.39, 0.29) is 18.4 Å². The van der Waals surface area contributed by atoms with Crippen LogP contribution in [0.3, 0.4) is 0 Å². The van der Waals surface area contributed by atoms with E-state index in [1.165, 1.54) is 11.3 Å². The summed E-state index contributed by atoms with van der Waals surface area (Å²) in [6, 6.07) is 5.54. The molecule has 2 aromatic rings. The van der Waals surface area contributed by atoms with Gasteiger partial charge in [-0.15, -0.1) is 0 Å². The molecule has 1 atom stereocenters. The lowest BCUT2D eigenvalue weighted by atomic mass is 9.99. The number of fused-ring (bicyclic) bond motifs is 1. The molecule has 1 aromatic heterocycles. The zero-order chi connectivity index (χ0) is 21.3. The van der Waals surface area contributed by atoms with Gasteiger partial charge in [-0.1, -0.05) is 10.3 Å². The molecule has 1 N–H and O–H groups in total. The average Bonchev–Trinajstić information content (AvgIpc) is 3.16. The Labute approximate surface area is 176 Å². The quantitative estimate of drug-likeness (QED) is 0.795. The second kappa shape index (κ2) is 8.43. The van der Waals surface area contributed by atoms with Gasteiger partial charge in [-0.3, -0.25) is 14.5 Å². The fraction of sp³-hybridized carbons (Fsp3) is 0.524. The van der Waals surface area contributed by atoms with Gasteiger partial charge in [0.05, 0.1) is 6.54 Å². The summed E-state index contributed by atoms with van der Waals surface area (Å²) >= 11 is 0. The first-order valence-electron chi connectivity index (χ1n) is 10.3. The first-order chi connectivity index (χ1) is 14.4. The van der Waals surface area contributed by atoms with Crippen LogP contribution in [0.5, 0.6) is 0 Å². The molecule has 160 valence electrons. The normalized spacial score (nSPS) is 19.5. The number of amides is 2. The minimum Gasteiger partial charge on any atom is -0.374 e. The lowest BCUT2D eigenvalue weighted by molar-refractivity contribution is -0.127. The van der Waals surface area contributed by atoms with Crippen LogP contribution in [0.25, 0.3) is 0 Å². The summed E-state index contributed by atoms with van der Waals surface area (Å²) in [5.74, 6) is -0.155. The van der Waals surface area contributed by atoms with E-state index in [1.807, 2.05) is 30.1 Å². The lowest BCUT2D eigenvalue weighted by Gasteiger charge is -2.38. The van der Waals surface area contributed by atoms with Crippen molar-refractivity contribution in [3.63, 3.8) is 0 Å². The molecule has 0 bridgehead atoms. The van der Waals surface area contributed by atoms with Crippen LogP contribution in [-0.2, 0) is 17.8 Å². The third-order valence-electron chi connectivity index (χ3n) is 6.09. The van der Waals surface area contributed by atoms with Crippen LogP contribution in [0.4, 0.5) is 5.69 Å². The largest absolute Gasteiger partial charge is 0.374 e. The Hall–Kier alpha value is -2.94. The van der Waals surface area contributed by atoms with E-state index in [0.717, 1.165) is 19.4 Å². The van der Waals surface area contributed by atoms with Gasteiger partial charge in [0.2, 0.25) is 5.91 Å². The second-order valence-electron chi connectivity index (χ2n) is 8.13. The number of carbonyl (C=O) groups excluding carboxylic acids is 2. The Kier molecular flexibility index (Phi) is 5.72. The van der Waals surface area contributed by atoms with Crippen molar-refractivity contribution in [3.8, 4) is 0 Å². The van der Waals surface area contributed by atoms with Crippen molar-refractivity contribution in [2.75, 3.05) is 45.2 Å². The number of aromatic nitrogens is 2. The number of carbonyl (C=O) groups is 2. The number of nitrogens with one attached hydrogen (secondary N) is 1. The molecule has 4 rings (SSSR count). The van der Waals surface area contributed by atoms with Gasteiger partial charge in [0.15, 0.2) is 0 Å². The predicted octanol–water partition coefficient (Wildman–Crippen LogP) is 0.833. The molecule has 0 unspecified atom stereocenters. The first-order valence-corrected chi connectivity index (χ1v) is 10.3. The van der Waals surface area contributed by atoms with Crippen LogP contribution in [-0.4, -0.2) is 78.2 Å². The first kappa shape index (κ1) is 20.3. The van der Waals surface area contributed by atoms with Gasteiger partial charge in [-0.05, 0) is 50.6 Å². The van der Waals surface area contributed by atoms with E-state index in [4.69, 9.17) is 0 Å². The zero-order valence-electron chi connectivity index (χ0n) is 17.7. The molecule has 3 heterocycles. The van der Waals surface area contributed by atoms with Crippen LogP contribution >= 0.6 is 0 Å². The fourth-order valence-corrected chi connectivity index (χ4v) is 4.14. The summed E-state index contributed by atoms with van der Waals surface area (Å²) < 4.78 is 4.67. The number of rotatable bonds is 4. The van der Waals surface area contributed by atoms with Gasteiger partial charge >= 0.3 is 0 Å². The molecule has 2 aliphatic heterocycles. The SMILES string of the molecule is Cc1nonc1CNC(=O)[C@@H]1CN(C(=O)c2ccc3c(c2)CCCN3C)CCN1C. The highest BCUT2D eigenvalue weighted by Crippen LogP contribution is 2.27. The van der Waals surface area contributed by atoms with Crippen LogP contribution < -0.4 is 10.2 Å². The number of likely N-dealkylation sites (N-methyl/N-ethyl adjacent to an activating group) is 1. The smallest absolute Gasteiger partial charge is 0.253 e. The van der Waals surface area contributed by atoms with E-state index in [1.54, 1.807) is 11.8 Å². The van der Waals surface area contributed by atoms with Crippen molar-refractivity contribution in [3.05, 3.63) is 40.7 Å². The van der Waals surface area contributed by atoms with Gasteiger partial charge in [-0.25, -0.2) is 4.63 Å². The summed E-state index contributed by atoms with van der Waals surface area (Å²) in [6.45, 7) is 4.67. The van der Waals surface area contributed by atoms with Gasteiger partial charge in [0.1, 0.15) is 17.4 Å². The van der Waals surface area contributed by atoms with Gasteiger partial charge in [0, 0.05) is 44.5 Å². The molecule has 1 aromatic carbocycles. The zero-order valence-corrected chi connectivity index (χ0v) is 17.7. The van der Waals surface area contributed by atoms with E-state index < -0.39 is 6.04 Å². The van der Waals surface area contributed by atoms with Crippen molar-refractivity contribution in [1.82, 2.24) is 25.4 Å². The Bertz CT molecular complexity index is 943. The molecule has 30 heavy (non-hydrogen) atoms. The van der Waals surface area contributed by atoms with Crippen LogP contribution in [0.15, 0.2) is 22.8 Å². The third kappa shape index (κ3) is 4.02. The number of aryl methyl sites for hydroxylation is 2. The minimum absolute atomic E-state index is 0.0199. The summed E-state index contributed by atoms with van der Waals surface area (Å²) in [7, 11) is 3.99. The molecule has 9 heteroatoms. The average molecular weight is 412 g/mol. The van der Waals surface area contributed by atoms with Crippen molar-refractivity contribution in [2.45, 2.75) is 32.4 Å². The van der Waals surface area contributed by atoms with Gasteiger partial charge in [0.25, 0.3) is 5.91 Å². The maximum Gasteiger partial charge on any atom is 0.253 e. The maximum atomic E-state index is 13.2. The summed E-state index contributed by atoms with van der Waals surface area (Å²) in [4.78, 5) is 31.9. The second-order valence-corrected chi connectivity index (χ2v) is 8.13. The van der Waals surface area contributed by atoms with Crippen LogP contribution in [0.1, 0.15) is 33.7 Å².